The molecule has 9 nitrogen and oxygen atoms in total. The van der Waals surface area contributed by atoms with Gasteiger partial charge in [0.1, 0.15) is 17.0 Å². The highest BCUT2D eigenvalue weighted by Gasteiger charge is 2.27. The molecule has 1 aliphatic rings. The van der Waals surface area contributed by atoms with Crippen LogP contribution in [0.1, 0.15) is 12.8 Å². The number of fused-ring (bicyclic) bond motifs is 1. The lowest BCUT2D eigenvalue weighted by molar-refractivity contribution is -0.115. The Morgan fingerprint density at radius 1 is 1.28 bits per heavy atom. The molecule has 0 bridgehead atoms. The van der Waals surface area contributed by atoms with Gasteiger partial charge in [-0.05, 0) is 31.0 Å². The first-order valence-electron chi connectivity index (χ1n) is 11.4. The Labute approximate surface area is 218 Å². The fourth-order valence-corrected chi connectivity index (χ4v) is 5.13. The van der Waals surface area contributed by atoms with Gasteiger partial charge in [-0.15, -0.1) is 0 Å². The van der Waals surface area contributed by atoms with Crippen LogP contribution in [0.4, 0.5) is 5.95 Å². The van der Waals surface area contributed by atoms with Gasteiger partial charge in [0.25, 0.3) is 5.56 Å². The van der Waals surface area contributed by atoms with Gasteiger partial charge in [0, 0.05) is 49.3 Å². The second-order valence-electron chi connectivity index (χ2n) is 8.55. The van der Waals surface area contributed by atoms with Crippen molar-refractivity contribution in [2.75, 3.05) is 32.6 Å². The Hall–Kier alpha value is -3.14. The van der Waals surface area contributed by atoms with Crippen molar-refractivity contribution in [1.29, 1.82) is 0 Å². The Balaban J connectivity index is 1.75. The van der Waals surface area contributed by atoms with Crippen LogP contribution in [0.5, 0.6) is 11.5 Å². The predicted octanol–water partition coefficient (Wildman–Crippen LogP) is 3.85. The van der Waals surface area contributed by atoms with Crippen molar-refractivity contribution >= 4 is 45.8 Å². The predicted molar refractivity (Wildman–Crippen MR) is 142 cm³/mol. The van der Waals surface area contributed by atoms with Gasteiger partial charge in [0.05, 0.1) is 30.0 Å². The van der Waals surface area contributed by atoms with E-state index in [-0.39, 0.29) is 38.9 Å². The first-order valence-corrected chi connectivity index (χ1v) is 12.1. The molecule has 0 aliphatic carbocycles. The summed E-state index contributed by atoms with van der Waals surface area (Å²) >= 11 is 13.2. The van der Waals surface area contributed by atoms with Crippen LogP contribution in [-0.2, 0) is 11.8 Å². The molecule has 2 N–H and O–H groups in total. The molecule has 1 saturated heterocycles. The molecule has 1 aromatic carbocycles. The molecule has 4 rings (SSSR count). The quantitative estimate of drug-likeness (QED) is 0.422. The Morgan fingerprint density at radius 3 is 2.61 bits per heavy atom. The van der Waals surface area contributed by atoms with E-state index < -0.39 is 0 Å². The van der Waals surface area contributed by atoms with Gasteiger partial charge in [-0.25, -0.2) is 9.97 Å². The first-order chi connectivity index (χ1) is 17.3. The maximum Gasteiger partial charge on any atom is 0.277 e. The number of halogens is 2. The number of ketones is 1. The van der Waals surface area contributed by atoms with E-state index in [9.17, 15) is 9.59 Å². The van der Waals surface area contributed by atoms with Gasteiger partial charge in [0.2, 0.25) is 5.95 Å². The highest BCUT2D eigenvalue weighted by molar-refractivity contribution is 6.41. The third kappa shape index (κ3) is 4.91. The molecule has 0 radical (unpaired) electrons. The van der Waals surface area contributed by atoms with E-state index in [1.807, 2.05) is 0 Å². The number of methoxy groups -OCH3 is 2. The molecule has 190 valence electrons. The molecule has 2 aromatic heterocycles. The second-order valence-corrected chi connectivity index (χ2v) is 9.31. The zero-order valence-electron chi connectivity index (χ0n) is 20.2. The molecule has 3 aromatic rings. The lowest BCUT2D eigenvalue weighted by Gasteiger charge is -2.32. The van der Waals surface area contributed by atoms with E-state index in [0.29, 0.717) is 47.1 Å². The van der Waals surface area contributed by atoms with Gasteiger partial charge in [-0.2, -0.15) is 0 Å². The maximum absolute atomic E-state index is 13.4. The van der Waals surface area contributed by atoms with Crippen molar-refractivity contribution in [3.63, 3.8) is 0 Å². The van der Waals surface area contributed by atoms with E-state index in [0.717, 1.165) is 13.0 Å². The molecule has 1 aliphatic heterocycles. The second kappa shape index (κ2) is 10.9. The molecular formula is C25H27Cl2N5O4. The number of piperidine rings is 1. The minimum Gasteiger partial charge on any atom is -0.495 e. The van der Waals surface area contributed by atoms with Crippen molar-refractivity contribution in [2.24, 2.45) is 13.0 Å². The number of nitrogens with one attached hydrogen (secondary N) is 2. The first kappa shape index (κ1) is 25.9. The summed E-state index contributed by atoms with van der Waals surface area (Å²) in [6.07, 6.45) is 4.16. The van der Waals surface area contributed by atoms with E-state index in [4.69, 9.17) is 32.7 Å². The van der Waals surface area contributed by atoms with Crippen LogP contribution in [0.25, 0.3) is 22.2 Å². The summed E-state index contributed by atoms with van der Waals surface area (Å²) in [6, 6.07) is 3.27. The van der Waals surface area contributed by atoms with Crippen LogP contribution in [0.2, 0.25) is 10.0 Å². The number of nitrogens with zero attached hydrogens (tertiary/aromatic N) is 3. The minimum absolute atomic E-state index is 0.000947. The average molecular weight is 532 g/mol. The van der Waals surface area contributed by atoms with E-state index in [1.54, 1.807) is 25.4 Å². The van der Waals surface area contributed by atoms with Crippen LogP contribution in [0.3, 0.4) is 0 Å². The third-order valence-corrected chi connectivity index (χ3v) is 7.19. The van der Waals surface area contributed by atoms with Crippen LogP contribution < -0.4 is 25.7 Å². The summed E-state index contributed by atoms with van der Waals surface area (Å²) < 4.78 is 12.2. The van der Waals surface area contributed by atoms with Gasteiger partial charge >= 0.3 is 0 Å². The maximum atomic E-state index is 13.4. The number of hydrogen-bond acceptors (Lipinski definition) is 8. The summed E-state index contributed by atoms with van der Waals surface area (Å²) in [5, 5.41) is 7.65. The van der Waals surface area contributed by atoms with Crippen LogP contribution in [-0.4, -0.2) is 53.7 Å². The van der Waals surface area contributed by atoms with Crippen LogP contribution in [0, 0.1) is 5.92 Å². The number of ether oxygens (including phenoxy) is 2. The average Bonchev–Trinajstić information content (AvgIpc) is 2.88. The van der Waals surface area contributed by atoms with Crippen molar-refractivity contribution in [2.45, 2.75) is 18.9 Å². The van der Waals surface area contributed by atoms with Gasteiger partial charge in [-0.1, -0.05) is 29.8 Å². The normalized spacial score (nSPS) is 17.6. The molecular weight excluding hydrogens is 505 g/mol. The smallest absolute Gasteiger partial charge is 0.277 e. The van der Waals surface area contributed by atoms with Crippen LogP contribution in [0.15, 0.2) is 35.8 Å². The molecule has 0 amide bonds. The van der Waals surface area contributed by atoms with Gasteiger partial charge in [0.15, 0.2) is 5.78 Å². The van der Waals surface area contributed by atoms with Crippen LogP contribution >= 0.6 is 23.2 Å². The summed E-state index contributed by atoms with van der Waals surface area (Å²) in [7, 11) is 4.59. The summed E-state index contributed by atoms with van der Waals surface area (Å²) in [5.41, 5.74) is 0.759. The molecule has 0 spiro atoms. The fourth-order valence-electron chi connectivity index (χ4n) is 4.43. The standard InChI is InChI=1S/C25H27Cl2N5O4/c1-5-15(33)8-13-6-7-28-12-16(13)30-25-29-11-14-9-17(32(2)24(34)23(14)31-25)20-21(26)18(35-3)10-19(36-4)22(20)27/h5,9-11,13,16,28H,1,6-8,12H2,2-4H3,(H,29,30,31)/t13-,16-/m1/s1. The lowest BCUT2D eigenvalue weighted by atomic mass is 9.88. The SMILES string of the molecule is C=CC(=O)C[C@H]1CCNC[C@H]1Nc1ncc2cc(-c3c(Cl)c(OC)cc(OC)c3Cl)n(C)c(=O)c2n1. The van der Waals surface area contributed by atoms with Gasteiger partial charge < -0.3 is 24.7 Å². The largest absolute Gasteiger partial charge is 0.495 e. The minimum atomic E-state index is -0.345. The van der Waals surface area contributed by atoms with E-state index in [1.165, 1.54) is 24.9 Å². The molecule has 0 saturated carbocycles. The molecule has 0 unspecified atom stereocenters. The Bertz CT molecular complexity index is 1360. The van der Waals surface area contributed by atoms with E-state index in [2.05, 4.69) is 27.2 Å². The Kier molecular flexibility index (Phi) is 7.82. The van der Waals surface area contributed by atoms with Gasteiger partial charge in [-0.3, -0.25) is 9.59 Å². The summed E-state index contributed by atoms with van der Waals surface area (Å²) in [4.78, 5) is 34.3. The zero-order valence-corrected chi connectivity index (χ0v) is 21.7. The third-order valence-electron chi connectivity index (χ3n) is 6.44. The highest BCUT2D eigenvalue weighted by Crippen LogP contribution is 2.45. The fraction of sp³-hybridized carbons (Fsp3) is 0.360. The number of carbonyl (C=O) groups is 1. The monoisotopic (exact) mass is 531 g/mol. The number of rotatable bonds is 8. The topological polar surface area (TPSA) is 107 Å². The Morgan fingerprint density at radius 2 is 1.97 bits per heavy atom. The molecule has 36 heavy (non-hydrogen) atoms. The molecule has 1 fully saturated rings. The number of hydrogen-bond donors (Lipinski definition) is 2. The lowest BCUT2D eigenvalue weighted by Crippen LogP contribution is -2.46. The van der Waals surface area contributed by atoms with Crippen molar-refractivity contribution in [3.8, 4) is 22.8 Å². The number of pyridine rings is 1. The van der Waals surface area contributed by atoms with Crippen molar-refractivity contribution in [3.05, 3.63) is 51.4 Å². The number of anilines is 1. The number of carbonyl (C=O) groups excluding carboxylic acids is 1. The van der Waals surface area contributed by atoms with Crippen molar-refractivity contribution in [1.82, 2.24) is 19.9 Å². The molecule has 11 heteroatoms. The zero-order chi connectivity index (χ0) is 26.0. The summed E-state index contributed by atoms with van der Waals surface area (Å²) in [6.45, 7) is 5.05. The van der Waals surface area contributed by atoms with Crippen molar-refractivity contribution < 1.29 is 14.3 Å². The molecule has 2 atom stereocenters. The number of allylic oxidation sites excluding steroid dienone is 1. The molecule has 3 heterocycles. The van der Waals surface area contributed by atoms with E-state index >= 15 is 0 Å². The number of aromatic nitrogens is 3. The highest BCUT2D eigenvalue weighted by atomic mass is 35.5. The summed E-state index contributed by atoms with van der Waals surface area (Å²) in [5.74, 6) is 1.15. The number of benzene rings is 1.